The average molecular weight is 245 g/mol. The lowest BCUT2D eigenvalue weighted by atomic mass is 10.0. The van der Waals surface area contributed by atoms with Crippen molar-refractivity contribution in [2.45, 2.75) is 25.3 Å². The van der Waals surface area contributed by atoms with Gasteiger partial charge in [-0.3, -0.25) is 0 Å². The van der Waals surface area contributed by atoms with Crippen molar-refractivity contribution in [3.63, 3.8) is 0 Å². The van der Waals surface area contributed by atoms with E-state index in [0.717, 1.165) is 37.1 Å². The van der Waals surface area contributed by atoms with Gasteiger partial charge in [-0.2, -0.15) is 0 Å². The van der Waals surface area contributed by atoms with Crippen LogP contribution in [0.5, 0.6) is 5.75 Å². The van der Waals surface area contributed by atoms with Crippen LogP contribution < -0.4 is 16.2 Å². The lowest BCUT2D eigenvalue weighted by molar-refractivity contribution is 0.403. The van der Waals surface area contributed by atoms with E-state index in [-0.39, 0.29) is 18.4 Å². The maximum absolute atomic E-state index is 6.09. The third-order valence-electron chi connectivity index (χ3n) is 2.51. The van der Waals surface area contributed by atoms with Gasteiger partial charge >= 0.3 is 0 Å². The standard InChI is InChI=1S/C12H20N2O.ClH/c1-15-12-8-3-2-6-10(12)11(14)7-4-5-9-13;/h2-3,6,8,11H,4-5,7,9,13-14H2,1H3;1H/t11-;/m1./s1. The van der Waals surface area contributed by atoms with Crippen LogP contribution >= 0.6 is 12.4 Å². The van der Waals surface area contributed by atoms with Crippen molar-refractivity contribution >= 4 is 12.4 Å². The molecular formula is C12H21ClN2O. The third kappa shape index (κ3) is 4.39. The SMILES string of the molecule is COc1ccccc1[C@H](N)CCCCN.Cl. The monoisotopic (exact) mass is 244 g/mol. The van der Waals surface area contributed by atoms with Crippen LogP contribution in [-0.2, 0) is 0 Å². The first-order valence-electron chi connectivity index (χ1n) is 5.38. The highest BCUT2D eigenvalue weighted by Crippen LogP contribution is 2.26. The molecule has 1 aromatic carbocycles. The Morgan fingerprint density at radius 3 is 2.56 bits per heavy atom. The fourth-order valence-corrected chi connectivity index (χ4v) is 1.64. The van der Waals surface area contributed by atoms with Crippen molar-refractivity contribution in [3.05, 3.63) is 29.8 Å². The van der Waals surface area contributed by atoms with Gasteiger partial charge in [0.2, 0.25) is 0 Å². The Labute approximate surface area is 104 Å². The van der Waals surface area contributed by atoms with Crippen LogP contribution in [0.15, 0.2) is 24.3 Å². The van der Waals surface area contributed by atoms with Crippen molar-refractivity contribution in [1.82, 2.24) is 0 Å². The molecule has 0 amide bonds. The molecule has 0 aliphatic rings. The topological polar surface area (TPSA) is 61.3 Å². The zero-order valence-electron chi connectivity index (χ0n) is 9.69. The predicted octanol–water partition coefficient (Wildman–Crippen LogP) is 2.25. The van der Waals surface area contributed by atoms with Crippen molar-refractivity contribution < 1.29 is 4.74 Å². The summed E-state index contributed by atoms with van der Waals surface area (Å²) in [6, 6.07) is 7.95. The van der Waals surface area contributed by atoms with Gasteiger partial charge in [0.15, 0.2) is 0 Å². The van der Waals surface area contributed by atoms with E-state index in [1.54, 1.807) is 7.11 Å². The van der Waals surface area contributed by atoms with E-state index in [2.05, 4.69) is 0 Å². The Balaban J connectivity index is 0.00000225. The number of hydrogen-bond donors (Lipinski definition) is 2. The third-order valence-corrected chi connectivity index (χ3v) is 2.51. The first-order valence-corrected chi connectivity index (χ1v) is 5.38. The molecule has 1 aromatic rings. The van der Waals surface area contributed by atoms with Gasteiger partial charge in [0, 0.05) is 11.6 Å². The number of unbranched alkanes of at least 4 members (excludes halogenated alkanes) is 1. The minimum Gasteiger partial charge on any atom is -0.496 e. The molecule has 0 unspecified atom stereocenters. The molecule has 4 N–H and O–H groups in total. The van der Waals surface area contributed by atoms with Crippen LogP contribution in [0.1, 0.15) is 30.9 Å². The molecule has 16 heavy (non-hydrogen) atoms. The molecule has 0 aliphatic carbocycles. The second kappa shape index (κ2) is 8.39. The predicted molar refractivity (Wildman–Crippen MR) is 70.1 cm³/mol. The van der Waals surface area contributed by atoms with Gasteiger partial charge in [-0.15, -0.1) is 12.4 Å². The fourth-order valence-electron chi connectivity index (χ4n) is 1.64. The molecule has 0 fully saturated rings. The number of rotatable bonds is 6. The summed E-state index contributed by atoms with van der Waals surface area (Å²) in [5, 5.41) is 0. The van der Waals surface area contributed by atoms with Gasteiger partial charge in [-0.25, -0.2) is 0 Å². The molecule has 0 radical (unpaired) electrons. The molecule has 0 aliphatic heterocycles. The molecule has 1 rings (SSSR count). The molecule has 92 valence electrons. The lowest BCUT2D eigenvalue weighted by Gasteiger charge is -2.15. The van der Waals surface area contributed by atoms with E-state index >= 15 is 0 Å². The minimum atomic E-state index is 0. The average Bonchev–Trinajstić information content (AvgIpc) is 2.29. The summed E-state index contributed by atoms with van der Waals surface area (Å²) in [6.07, 6.45) is 3.05. The van der Waals surface area contributed by atoms with Crippen LogP contribution in [0.2, 0.25) is 0 Å². The number of benzene rings is 1. The highest BCUT2D eigenvalue weighted by molar-refractivity contribution is 5.85. The maximum atomic E-state index is 6.09. The van der Waals surface area contributed by atoms with Gasteiger partial charge in [0.25, 0.3) is 0 Å². The molecule has 0 heterocycles. The maximum Gasteiger partial charge on any atom is 0.123 e. The molecule has 0 saturated carbocycles. The van der Waals surface area contributed by atoms with Crippen LogP contribution in [0.4, 0.5) is 0 Å². The molecule has 0 bridgehead atoms. The summed E-state index contributed by atoms with van der Waals surface area (Å²) in [7, 11) is 1.67. The smallest absolute Gasteiger partial charge is 0.123 e. The Bertz CT molecular complexity index is 294. The number of ether oxygens (including phenoxy) is 1. The molecule has 4 heteroatoms. The highest BCUT2D eigenvalue weighted by atomic mass is 35.5. The minimum absolute atomic E-state index is 0. The number of para-hydroxylation sites is 1. The molecular weight excluding hydrogens is 224 g/mol. The van der Waals surface area contributed by atoms with E-state index in [1.165, 1.54) is 0 Å². The van der Waals surface area contributed by atoms with Crippen molar-refractivity contribution in [1.29, 1.82) is 0 Å². The zero-order valence-corrected chi connectivity index (χ0v) is 10.5. The van der Waals surface area contributed by atoms with Crippen LogP contribution in [0.3, 0.4) is 0 Å². The number of methoxy groups -OCH3 is 1. The number of hydrogen-bond acceptors (Lipinski definition) is 3. The molecule has 0 aromatic heterocycles. The summed E-state index contributed by atoms with van der Waals surface area (Å²) < 4.78 is 5.27. The summed E-state index contributed by atoms with van der Waals surface area (Å²) in [5.74, 6) is 0.873. The van der Waals surface area contributed by atoms with E-state index in [0.29, 0.717) is 0 Å². The fraction of sp³-hybridized carbons (Fsp3) is 0.500. The normalized spacial score (nSPS) is 11.7. The summed E-state index contributed by atoms with van der Waals surface area (Å²) >= 11 is 0. The Hall–Kier alpha value is -0.770. The van der Waals surface area contributed by atoms with E-state index in [4.69, 9.17) is 16.2 Å². The Morgan fingerprint density at radius 1 is 1.25 bits per heavy atom. The number of nitrogens with two attached hydrogens (primary N) is 2. The first-order chi connectivity index (χ1) is 7.29. The molecule has 1 atom stereocenters. The second-order valence-electron chi connectivity index (χ2n) is 3.63. The van der Waals surface area contributed by atoms with Gasteiger partial charge in [-0.1, -0.05) is 24.6 Å². The van der Waals surface area contributed by atoms with Gasteiger partial charge in [0.1, 0.15) is 5.75 Å². The molecule has 0 spiro atoms. The van der Waals surface area contributed by atoms with Crippen LogP contribution in [0.25, 0.3) is 0 Å². The van der Waals surface area contributed by atoms with Crippen LogP contribution in [-0.4, -0.2) is 13.7 Å². The summed E-state index contributed by atoms with van der Waals surface area (Å²) in [6.45, 7) is 0.735. The first kappa shape index (κ1) is 15.2. The lowest BCUT2D eigenvalue weighted by Crippen LogP contribution is -2.12. The summed E-state index contributed by atoms with van der Waals surface area (Å²) in [5.41, 5.74) is 12.6. The Morgan fingerprint density at radius 2 is 1.94 bits per heavy atom. The molecule has 0 saturated heterocycles. The van der Waals surface area contributed by atoms with Crippen molar-refractivity contribution in [2.24, 2.45) is 11.5 Å². The summed E-state index contributed by atoms with van der Waals surface area (Å²) in [4.78, 5) is 0. The van der Waals surface area contributed by atoms with Gasteiger partial charge in [-0.05, 0) is 25.5 Å². The second-order valence-corrected chi connectivity index (χ2v) is 3.63. The zero-order chi connectivity index (χ0) is 11.1. The Kier molecular flexibility index (Phi) is 7.99. The largest absolute Gasteiger partial charge is 0.496 e. The van der Waals surface area contributed by atoms with Gasteiger partial charge < -0.3 is 16.2 Å². The number of halogens is 1. The van der Waals surface area contributed by atoms with Gasteiger partial charge in [0.05, 0.1) is 7.11 Å². The van der Waals surface area contributed by atoms with Crippen molar-refractivity contribution in [3.8, 4) is 5.75 Å². The van der Waals surface area contributed by atoms with Crippen LogP contribution in [0, 0.1) is 0 Å². The van der Waals surface area contributed by atoms with E-state index in [9.17, 15) is 0 Å². The van der Waals surface area contributed by atoms with Crippen molar-refractivity contribution in [2.75, 3.05) is 13.7 Å². The highest BCUT2D eigenvalue weighted by Gasteiger charge is 2.10. The van der Waals surface area contributed by atoms with E-state index < -0.39 is 0 Å². The molecule has 3 nitrogen and oxygen atoms in total. The van der Waals surface area contributed by atoms with E-state index in [1.807, 2.05) is 24.3 Å². The quantitative estimate of drug-likeness (QED) is 0.755.